The Morgan fingerprint density at radius 2 is 1.79 bits per heavy atom. The van der Waals surface area contributed by atoms with E-state index in [1.807, 2.05) is 18.7 Å². The maximum atomic E-state index is 13.5. The largest absolute Gasteiger partial charge is 0.381 e. The van der Waals surface area contributed by atoms with Gasteiger partial charge in [0.15, 0.2) is 0 Å². The predicted octanol–water partition coefficient (Wildman–Crippen LogP) is 3.45. The van der Waals surface area contributed by atoms with E-state index in [0.717, 1.165) is 36.2 Å². The lowest BCUT2D eigenvalue weighted by Crippen LogP contribution is -2.51. The van der Waals surface area contributed by atoms with Gasteiger partial charge in [-0.2, -0.15) is 5.10 Å². The Kier molecular flexibility index (Phi) is 5.94. The fraction of sp³-hybridized carbons (Fsp3) is 0.565. The molecule has 5 heteroatoms. The number of aromatic nitrogens is 2. The SMILES string of the molecule is Cc1cc(C)cc(C2(C(=O)N[C@H](C)Cc3c(C)nn(C)c3C)CCOCC2)c1. The summed E-state index contributed by atoms with van der Waals surface area (Å²) in [5.74, 6) is 0.118. The fourth-order valence-corrected chi connectivity index (χ4v) is 4.45. The summed E-state index contributed by atoms with van der Waals surface area (Å²) < 4.78 is 7.51. The van der Waals surface area contributed by atoms with Crippen LogP contribution >= 0.6 is 0 Å². The standard InChI is InChI=1S/C23H33N3O2/c1-15-11-16(2)13-20(12-15)23(7-9-28-10-8-23)22(27)24-17(3)14-21-18(4)25-26(6)19(21)5/h11-13,17H,7-10,14H2,1-6H3,(H,24,27)/t17-/m1/s1. The van der Waals surface area contributed by atoms with Crippen molar-refractivity contribution in [2.24, 2.45) is 7.05 Å². The molecule has 0 bridgehead atoms. The smallest absolute Gasteiger partial charge is 0.231 e. The highest BCUT2D eigenvalue weighted by Crippen LogP contribution is 2.36. The van der Waals surface area contributed by atoms with Crippen molar-refractivity contribution in [1.82, 2.24) is 15.1 Å². The molecule has 0 aliphatic carbocycles. The summed E-state index contributed by atoms with van der Waals surface area (Å²) in [4.78, 5) is 13.5. The van der Waals surface area contributed by atoms with Gasteiger partial charge < -0.3 is 10.1 Å². The second-order valence-corrected chi connectivity index (χ2v) is 8.42. The Bertz CT molecular complexity index is 843. The molecule has 1 aromatic heterocycles. The van der Waals surface area contributed by atoms with Gasteiger partial charge in [0.2, 0.25) is 5.91 Å². The molecule has 1 fully saturated rings. The van der Waals surface area contributed by atoms with Gasteiger partial charge in [-0.05, 0) is 65.0 Å². The zero-order chi connectivity index (χ0) is 20.5. The number of nitrogens with zero attached hydrogens (tertiary/aromatic N) is 2. The number of ether oxygens (including phenoxy) is 1. The van der Waals surface area contributed by atoms with E-state index < -0.39 is 5.41 Å². The highest BCUT2D eigenvalue weighted by molar-refractivity contribution is 5.88. The minimum atomic E-state index is -0.512. The van der Waals surface area contributed by atoms with Crippen LogP contribution in [0.2, 0.25) is 0 Å². The Morgan fingerprint density at radius 1 is 1.18 bits per heavy atom. The molecule has 28 heavy (non-hydrogen) atoms. The van der Waals surface area contributed by atoms with Gasteiger partial charge >= 0.3 is 0 Å². The third-order valence-electron chi connectivity index (χ3n) is 6.10. The summed E-state index contributed by atoms with van der Waals surface area (Å²) in [5.41, 5.74) is 6.42. The zero-order valence-corrected chi connectivity index (χ0v) is 18.1. The van der Waals surface area contributed by atoms with E-state index >= 15 is 0 Å². The Morgan fingerprint density at radius 3 is 2.32 bits per heavy atom. The van der Waals surface area contributed by atoms with Crippen LogP contribution in [0.5, 0.6) is 0 Å². The summed E-state index contributed by atoms with van der Waals surface area (Å²) in [5, 5.41) is 7.81. The third kappa shape index (κ3) is 4.00. The molecule has 5 nitrogen and oxygen atoms in total. The molecule has 3 rings (SSSR count). The van der Waals surface area contributed by atoms with Crippen molar-refractivity contribution < 1.29 is 9.53 Å². The van der Waals surface area contributed by atoms with E-state index in [4.69, 9.17) is 4.74 Å². The van der Waals surface area contributed by atoms with Gasteiger partial charge in [-0.15, -0.1) is 0 Å². The molecular formula is C23H33N3O2. The molecule has 0 unspecified atom stereocenters. The van der Waals surface area contributed by atoms with Crippen molar-refractivity contribution in [1.29, 1.82) is 0 Å². The number of aryl methyl sites for hydroxylation is 4. The molecule has 0 radical (unpaired) electrons. The van der Waals surface area contributed by atoms with Gasteiger partial charge in [-0.3, -0.25) is 9.48 Å². The van der Waals surface area contributed by atoms with Crippen molar-refractivity contribution in [2.75, 3.05) is 13.2 Å². The van der Waals surface area contributed by atoms with Crippen LogP contribution < -0.4 is 5.32 Å². The van der Waals surface area contributed by atoms with Crippen LogP contribution in [0.3, 0.4) is 0 Å². The average Bonchev–Trinajstić information content (AvgIpc) is 2.87. The number of amides is 1. The lowest BCUT2D eigenvalue weighted by atomic mass is 9.72. The number of carbonyl (C=O) groups excluding carboxylic acids is 1. The first kappa shape index (κ1) is 20.6. The molecule has 1 N–H and O–H groups in total. The molecule has 1 atom stereocenters. The maximum absolute atomic E-state index is 13.5. The van der Waals surface area contributed by atoms with Gasteiger partial charge in [0.1, 0.15) is 0 Å². The molecule has 1 saturated heterocycles. The Hall–Kier alpha value is -2.14. The summed E-state index contributed by atoms with van der Waals surface area (Å²) in [6.45, 7) is 11.6. The first-order chi connectivity index (χ1) is 13.2. The Labute approximate surface area is 168 Å². The summed E-state index contributed by atoms with van der Waals surface area (Å²) in [7, 11) is 1.96. The van der Waals surface area contributed by atoms with E-state index in [-0.39, 0.29) is 11.9 Å². The topological polar surface area (TPSA) is 56.2 Å². The first-order valence-corrected chi connectivity index (χ1v) is 10.2. The molecule has 1 aliphatic rings. The van der Waals surface area contributed by atoms with E-state index in [1.165, 1.54) is 16.7 Å². The first-order valence-electron chi connectivity index (χ1n) is 10.2. The van der Waals surface area contributed by atoms with E-state index in [2.05, 4.69) is 56.3 Å². The number of carbonyl (C=O) groups is 1. The van der Waals surface area contributed by atoms with Crippen molar-refractivity contribution in [2.45, 2.75) is 65.3 Å². The van der Waals surface area contributed by atoms with Crippen LogP contribution in [0.15, 0.2) is 18.2 Å². The molecule has 1 aromatic carbocycles. The van der Waals surface area contributed by atoms with Gasteiger partial charge in [0.05, 0.1) is 11.1 Å². The van der Waals surface area contributed by atoms with Crippen molar-refractivity contribution >= 4 is 5.91 Å². The van der Waals surface area contributed by atoms with Crippen LogP contribution in [0.4, 0.5) is 0 Å². The minimum Gasteiger partial charge on any atom is -0.381 e. The number of hydrogen-bond donors (Lipinski definition) is 1. The average molecular weight is 384 g/mol. The molecule has 0 saturated carbocycles. The Balaban J connectivity index is 1.84. The number of hydrogen-bond acceptors (Lipinski definition) is 3. The molecule has 1 amide bonds. The highest BCUT2D eigenvalue weighted by atomic mass is 16.5. The van der Waals surface area contributed by atoms with Crippen molar-refractivity contribution in [3.05, 3.63) is 51.8 Å². The van der Waals surface area contributed by atoms with Gasteiger partial charge in [0, 0.05) is 32.0 Å². The lowest BCUT2D eigenvalue weighted by molar-refractivity contribution is -0.131. The van der Waals surface area contributed by atoms with Crippen LogP contribution in [-0.2, 0) is 28.4 Å². The monoisotopic (exact) mass is 383 g/mol. The van der Waals surface area contributed by atoms with Crippen LogP contribution in [0.25, 0.3) is 0 Å². The molecule has 2 heterocycles. The highest BCUT2D eigenvalue weighted by Gasteiger charge is 2.42. The second-order valence-electron chi connectivity index (χ2n) is 8.42. The number of rotatable bonds is 5. The number of nitrogens with one attached hydrogen (secondary N) is 1. The van der Waals surface area contributed by atoms with Crippen molar-refractivity contribution in [3.8, 4) is 0 Å². The van der Waals surface area contributed by atoms with Crippen LogP contribution in [0.1, 0.15) is 53.4 Å². The van der Waals surface area contributed by atoms with E-state index in [0.29, 0.717) is 13.2 Å². The summed E-state index contributed by atoms with van der Waals surface area (Å²) in [6, 6.07) is 6.53. The quantitative estimate of drug-likeness (QED) is 0.860. The fourth-order valence-electron chi connectivity index (χ4n) is 4.45. The van der Waals surface area contributed by atoms with E-state index in [9.17, 15) is 4.79 Å². The van der Waals surface area contributed by atoms with Crippen molar-refractivity contribution in [3.63, 3.8) is 0 Å². The third-order valence-corrected chi connectivity index (χ3v) is 6.10. The van der Waals surface area contributed by atoms with E-state index in [1.54, 1.807) is 0 Å². The maximum Gasteiger partial charge on any atom is 0.231 e. The summed E-state index contributed by atoms with van der Waals surface area (Å²) in [6.07, 6.45) is 2.23. The normalized spacial score (nSPS) is 17.4. The molecule has 0 spiro atoms. The summed E-state index contributed by atoms with van der Waals surface area (Å²) >= 11 is 0. The zero-order valence-electron chi connectivity index (χ0n) is 18.1. The molecule has 2 aromatic rings. The van der Waals surface area contributed by atoms with Gasteiger partial charge in [-0.25, -0.2) is 0 Å². The molecule has 1 aliphatic heterocycles. The minimum absolute atomic E-state index is 0.0414. The second kappa shape index (κ2) is 8.08. The number of benzene rings is 1. The molecule has 152 valence electrons. The predicted molar refractivity (Wildman–Crippen MR) is 112 cm³/mol. The van der Waals surface area contributed by atoms with Crippen LogP contribution in [-0.4, -0.2) is 34.9 Å². The van der Waals surface area contributed by atoms with Crippen LogP contribution in [0, 0.1) is 27.7 Å². The van der Waals surface area contributed by atoms with Gasteiger partial charge in [0.25, 0.3) is 0 Å². The lowest BCUT2D eigenvalue weighted by Gasteiger charge is -2.37. The van der Waals surface area contributed by atoms with Gasteiger partial charge in [-0.1, -0.05) is 29.3 Å². The molecular weight excluding hydrogens is 350 g/mol.